The van der Waals surface area contributed by atoms with Crippen LogP contribution in [-0.4, -0.2) is 49.6 Å². The molecule has 6 heteroatoms. The summed E-state index contributed by atoms with van der Waals surface area (Å²) in [7, 11) is 1.62. The Morgan fingerprint density at radius 3 is 2.19 bits per heavy atom. The largest absolute Gasteiger partial charge is 0.497 e. The van der Waals surface area contributed by atoms with Gasteiger partial charge in [-0.05, 0) is 54.7 Å². The van der Waals surface area contributed by atoms with E-state index in [0.717, 1.165) is 37.0 Å². The van der Waals surface area contributed by atoms with Gasteiger partial charge in [0.05, 0.1) is 13.5 Å². The van der Waals surface area contributed by atoms with Crippen molar-refractivity contribution < 1.29 is 19.1 Å². The Morgan fingerprint density at radius 1 is 0.968 bits per heavy atom. The number of nitrogens with zero attached hydrogens (tertiary/aromatic N) is 1. The predicted molar refractivity (Wildman–Crippen MR) is 120 cm³/mol. The van der Waals surface area contributed by atoms with E-state index < -0.39 is 0 Å². The molecule has 1 aliphatic heterocycles. The van der Waals surface area contributed by atoms with Gasteiger partial charge < -0.3 is 19.7 Å². The lowest BCUT2D eigenvalue weighted by molar-refractivity contribution is -0.134. The van der Waals surface area contributed by atoms with Crippen molar-refractivity contribution in [2.45, 2.75) is 45.1 Å². The van der Waals surface area contributed by atoms with Gasteiger partial charge >= 0.3 is 0 Å². The van der Waals surface area contributed by atoms with Crippen molar-refractivity contribution in [2.24, 2.45) is 0 Å². The summed E-state index contributed by atoms with van der Waals surface area (Å²) >= 11 is 0. The van der Waals surface area contributed by atoms with Gasteiger partial charge in [0.1, 0.15) is 11.5 Å². The van der Waals surface area contributed by atoms with Crippen LogP contribution in [0.1, 0.15) is 37.3 Å². The van der Waals surface area contributed by atoms with Gasteiger partial charge in [-0.25, -0.2) is 0 Å². The van der Waals surface area contributed by atoms with Crippen LogP contribution in [0.4, 0.5) is 0 Å². The van der Waals surface area contributed by atoms with Crippen LogP contribution in [0.15, 0.2) is 48.5 Å². The van der Waals surface area contributed by atoms with Gasteiger partial charge in [0.15, 0.2) is 6.61 Å². The molecule has 166 valence electrons. The summed E-state index contributed by atoms with van der Waals surface area (Å²) in [6.45, 7) is 3.45. The maximum absolute atomic E-state index is 12.5. The van der Waals surface area contributed by atoms with E-state index in [1.807, 2.05) is 53.4 Å². The van der Waals surface area contributed by atoms with Gasteiger partial charge in [0.25, 0.3) is 5.91 Å². The van der Waals surface area contributed by atoms with Gasteiger partial charge in [0.2, 0.25) is 5.91 Å². The summed E-state index contributed by atoms with van der Waals surface area (Å²) < 4.78 is 10.8. The lowest BCUT2D eigenvalue weighted by Gasteiger charge is -2.32. The molecule has 1 N–H and O–H groups in total. The van der Waals surface area contributed by atoms with E-state index in [2.05, 4.69) is 12.2 Å². The molecule has 2 amide bonds. The normalized spacial score (nSPS) is 14.2. The average Bonchev–Trinajstić information content (AvgIpc) is 2.79. The summed E-state index contributed by atoms with van der Waals surface area (Å²) in [4.78, 5) is 26.6. The molecule has 1 fully saturated rings. The number of amides is 2. The Morgan fingerprint density at radius 2 is 1.58 bits per heavy atom. The van der Waals surface area contributed by atoms with Gasteiger partial charge in [-0.1, -0.05) is 37.6 Å². The third-order valence-corrected chi connectivity index (χ3v) is 5.56. The second-order valence-electron chi connectivity index (χ2n) is 7.93. The molecule has 1 aliphatic rings. The summed E-state index contributed by atoms with van der Waals surface area (Å²) in [5.74, 6) is 1.48. The number of methoxy groups -OCH3 is 1. The van der Waals surface area contributed by atoms with Crippen LogP contribution in [0, 0.1) is 0 Å². The number of likely N-dealkylation sites (tertiary alicyclic amines) is 1. The Bertz CT molecular complexity index is 841. The van der Waals surface area contributed by atoms with Crippen LogP contribution in [0.3, 0.4) is 0 Å². The monoisotopic (exact) mass is 424 g/mol. The topological polar surface area (TPSA) is 67.9 Å². The van der Waals surface area contributed by atoms with Crippen molar-refractivity contribution in [3.8, 4) is 11.5 Å². The highest BCUT2D eigenvalue weighted by atomic mass is 16.5. The highest BCUT2D eigenvalue weighted by Gasteiger charge is 2.24. The van der Waals surface area contributed by atoms with Crippen molar-refractivity contribution in [1.82, 2.24) is 10.2 Å². The lowest BCUT2D eigenvalue weighted by Crippen LogP contribution is -2.48. The summed E-state index contributed by atoms with van der Waals surface area (Å²) in [5, 5.41) is 3.09. The minimum atomic E-state index is -0.0133. The highest BCUT2D eigenvalue weighted by molar-refractivity contribution is 5.79. The average molecular weight is 425 g/mol. The first-order valence-corrected chi connectivity index (χ1v) is 11.0. The molecule has 0 unspecified atom stereocenters. The molecule has 1 saturated heterocycles. The number of carbonyl (C=O) groups excluding carboxylic acids is 2. The van der Waals surface area contributed by atoms with Gasteiger partial charge in [0, 0.05) is 19.1 Å². The smallest absolute Gasteiger partial charge is 0.260 e. The van der Waals surface area contributed by atoms with Gasteiger partial charge in [-0.3, -0.25) is 9.59 Å². The molecular weight excluding hydrogens is 392 g/mol. The molecule has 0 bridgehead atoms. The summed E-state index contributed by atoms with van der Waals surface area (Å²) in [5.41, 5.74) is 2.23. The molecule has 0 atom stereocenters. The number of benzene rings is 2. The Kier molecular flexibility index (Phi) is 8.33. The van der Waals surface area contributed by atoms with Gasteiger partial charge in [-0.15, -0.1) is 0 Å². The number of aryl methyl sites for hydroxylation is 1. The number of ether oxygens (including phenoxy) is 2. The molecule has 0 aromatic heterocycles. The SMILES string of the molecule is CCCc1ccc(OCC(=O)N2CCC(NC(=O)Cc3ccc(OC)cc3)CC2)cc1. The van der Waals surface area contributed by atoms with Crippen LogP contribution in [-0.2, 0) is 22.4 Å². The fraction of sp³-hybridized carbons (Fsp3) is 0.440. The van der Waals surface area contributed by atoms with E-state index >= 15 is 0 Å². The first-order chi connectivity index (χ1) is 15.1. The quantitative estimate of drug-likeness (QED) is 0.670. The lowest BCUT2D eigenvalue weighted by atomic mass is 10.0. The maximum Gasteiger partial charge on any atom is 0.260 e. The number of carbonyl (C=O) groups is 2. The first-order valence-electron chi connectivity index (χ1n) is 11.0. The Balaban J connectivity index is 1.37. The van der Waals surface area contributed by atoms with Crippen LogP contribution in [0.2, 0.25) is 0 Å². The number of nitrogens with one attached hydrogen (secondary N) is 1. The van der Waals surface area contributed by atoms with Crippen LogP contribution in [0.25, 0.3) is 0 Å². The molecule has 0 spiro atoms. The molecule has 0 radical (unpaired) electrons. The zero-order valence-corrected chi connectivity index (χ0v) is 18.4. The van der Waals surface area contributed by atoms with E-state index in [-0.39, 0.29) is 24.5 Å². The fourth-order valence-electron chi connectivity index (χ4n) is 3.76. The highest BCUT2D eigenvalue weighted by Crippen LogP contribution is 2.16. The molecule has 1 heterocycles. The van der Waals surface area contributed by atoms with E-state index in [1.165, 1.54) is 5.56 Å². The van der Waals surface area contributed by atoms with Crippen molar-refractivity contribution in [1.29, 1.82) is 0 Å². The summed E-state index contributed by atoms with van der Waals surface area (Å²) in [6.07, 6.45) is 4.01. The van der Waals surface area contributed by atoms with Crippen LogP contribution < -0.4 is 14.8 Å². The zero-order valence-electron chi connectivity index (χ0n) is 18.4. The molecule has 0 saturated carbocycles. The standard InChI is InChI=1S/C25H32N2O4/c1-3-4-19-5-11-23(12-6-19)31-18-25(29)27-15-13-21(14-16-27)26-24(28)17-20-7-9-22(30-2)10-8-20/h5-12,21H,3-4,13-18H2,1-2H3,(H,26,28). The molecular formula is C25H32N2O4. The fourth-order valence-corrected chi connectivity index (χ4v) is 3.76. The van der Waals surface area contributed by atoms with Crippen molar-refractivity contribution in [2.75, 3.05) is 26.8 Å². The number of hydrogen-bond donors (Lipinski definition) is 1. The second-order valence-corrected chi connectivity index (χ2v) is 7.93. The van der Waals surface area contributed by atoms with Crippen molar-refractivity contribution in [3.63, 3.8) is 0 Å². The van der Waals surface area contributed by atoms with E-state index in [0.29, 0.717) is 25.3 Å². The van der Waals surface area contributed by atoms with Crippen molar-refractivity contribution in [3.05, 3.63) is 59.7 Å². The maximum atomic E-state index is 12.5. The van der Waals surface area contributed by atoms with Crippen LogP contribution >= 0.6 is 0 Å². The number of rotatable bonds is 9. The number of hydrogen-bond acceptors (Lipinski definition) is 4. The van der Waals surface area contributed by atoms with Crippen LogP contribution in [0.5, 0.6) is 11.5 Å². The molecule has 0 aliphatic carbocycles. The third-order valence-electron chi connectivity index (χ3n) is 5.56. The molecule has 2 aromatic rings. The molecule has 31 heavy (non-hydrogen) atoms. The van der Waals surface area contributed by atoms with Crippen molar-refractivity contribution >= 4 is 11.8 Å². The number of piperidine rings is 1. The second kappa shape index (κ2) is 11.4. The van der Waals surface area contributed by atoms with E-state index in [9.17, 15) is 9.59 Å². The minimum Gasteiger partial charge on any atom is -0.497 e. The molecule has 3 rings (SSSR count). The third kappa shape index (κ3) is 7.02. The van der Waals surface area contributed by atoms with E-state index in [1.54, 1.807) is 7.11 Å². The Labute approximate surface area is 184 Å². The van der Waals surface area contributed by atoms with E-state index in [4.69, 9.17) is 9.47 Å². The molecule has 2 aromatic carbocycles. The first kappa shape index (κ1) is 22.7. The molecule has 6 nitrogen and oxygen atoms in total. The minimum absolute atomic E-state index is 0.00444. The van der Waals surface area contributed by atoms with Gasteiger partial charge in [-0.2, -0.15) is 0 Å². The Hall–Kier alpha value is -3.02. The predicted octanol–water partition coefficient (Wildman–Crippen LogP) is 3.38. The zero-order chi connectivity index (χ0) is 22.1. The summed E-state index contributed by atoms with van der Waals surface area (Å²) in [6, 6.07) is 15.5.